The van der Waals surface area contributed by atoms with E-state index in [0.29, 0.717) is 46.6 Å². The molecule has 1 atom stereocenters. The number of nitrogens with zero attached hydrogens (tertiary/aromatic N) is 6. The molecule has 284 valence electrons. The number of likely N-dealkylation sites (tertiary alicyclic amines) is 1. The van der Waals surface area contributed by atoms with Crippen LogP contribution in [-0.4, -0.2) is 69.4 Å². The first-order chi connectivity index (χ1) is 26.0. The molecule has 4 aromatic rings. The number of ether oxygens (including phenoxy) is 1. The molecule has 0 saturated carbocycles. The van der Waals surface area contributed by atoms with E-state index >= 15 is 0 Å². The van der Waals surface area contributed by atoms with Crippen LogP contribution >= 0.6 is 39.0 Å². The van der Waals surface area contributed by atoms with Crippen LogP contribution in [0.25, 0.3) is 6.08 Å². The molecule has 11 nitrogen and oxygen atoms in total. The van der Waals surface area contributed by atoms with E-state index in [1.807, 2.05) is 17.0 Å². The van der Waals surface area contributed by atoms with Crippen molar-refractivity contribution in [2.45, 2.75) is 81.2 Å². The van der Waals surface area contributed by atoms with E-state index in [1.165, 1.54) is 16.9 Å². The summed E-state index contributed by atoms with van der Waals surface area (Å²) in [5.74, 6) is 2.67. The van der Waals surface area contributed by atoms with Crippen molar-refractivity contribution in [2.24, 2.45) is 5.92 Å². The molecule has 1 fully saturated rings. The number of hydrogen-bond donors (Lipinski definition) is 1. The van der Waals surface area contributed by atoms with Gasteiger partial charge in [-0.15, -0.1) is 11.8 Å². The van der Waals surface area contributed by atoms with Gasteiger partial charge in [0.2, 0.25) is 11.8 Å². The standard InChI is InChI=1S/C40H46BrN7O4S2/c1-5-7-32-31-11-10-30(21-27(31)14-17-48(32)38(50)28(22-42)20-29-8-6-9-34(41)45-29)51-19-18-47-15-12-26(13-16-47)37(49)46-39-44-24-36(54-39)53-25-35-43-23-33(52-35)40(2,3)4/h6,8-11,20-21,23-24,26,32H,5,7,12-19,25H2,1-4H3,(H,44,46,49)/b28-20+. The number of oxazole rings is 1. The third kappa shape index (κ3) is 10.2. The van der Waals surface area contributed by atoms with Crippen molar-refractivity contribution in [3.8, 4) is 11.8 Å². The van der Waals surface area contributed by atoms with Crippen molar-refractivity contribution in [3.63, 3.8) is 0 Å². The van der Waals surface area contributed by atoms with Crippen molar-refractivity contribution in [1.82, 2.24) is 24.8 Å². The fourth-order valence-corrected chi connectivity index (χ4v) is 8.80. The number of anilines is 1. The van der Waals surface area contributed by atoms with Crippen LogP contribution in [0.1, 0.15) is 87.9 Å². The average molecular weight is 833 g/mol. The second-order valence-electron chi connectivity index (χ2n) is 14.6. The zero-order valence-electron chi connectivity index (χ0n) is 31.1. The Bertz CT molecular complexity index is 2010. The number of carbonyl (C=O) groups is 2. The topological polar surface area (TPSA) is 137 Å². The van der Waals surface area contributed by atoms with E-state index in [-0.39, 0.29) is 34.8 Å². The number of nitrogens with one attached hydrogen (secondary N) is 1. The van der Waals surface area contributed by atoms with Gasteiger partial charge in [-0.2, -0.15) is 5.26 Å². The molecule has 0 aliphatic carbocycles. The van der Waals surface area contributed by atoms with Crippen LogP contribution in [0.5, 0.6) is 5.75 Å². The maximum Gasteiger partial charge on any atom is 0.265 e. The minimum absolute atomic E-state index is 0.0244. The number of fused-ring (bicyclic) bond motifs is 1. The molecule has 1 aromatic carbocycles. The Morgan fingerprint density at radius 1 is 1.17 bits per heavy atom. The highest BCUT2D eigenvalue weighted by molar-refractivity contribution is 9.10. The van der Waals surface area contributed by atoms with Crippen LogP contribution in [0, 0.1) is 17.2 Å². The Hall–Kier alpha value is -4.03. The molecule has 3 aromatic heterocycles. The van der Waals surface area contributed by atoms with Crippen molar-refractivity contribution in [1.29, 1.82) is 5.26 Å². The number of nitriles is 1. The first-order valence-corrected chi connectivity index (χ1v) is 21.0. The smallest absolute Gasteiger partial charge is 0.265 e. The molecule has 2 aliphatic rings. The molecule has 5 heterocycles. The average Bonchev–Trinajstić information content (AvgIpc) is 3.83. The minimum atomic E-state index is -0.272. The summed E-state index contributed by atoms with van der Waals surface area (Å²) in [5.41, 5.74) is 2.83. The largest absolute Gasteiger partial charge is 0.492 e. The lowest BCUT2D eigenvalue weighted by molar-refractivity contribution is -0.129. The van der Waals surface area contributed by atoms with Crippen LogP contribution in [0.2, 0.25) is 0 Å². The van der Waals surface area contributed by atoms with Gasteiger partial charge in [-0.1, -0.05) is 57.6 Å². The number of amides is 2. The summed E-state index contributed by atoms with van der Waals surface area (Å²) in [4.78, 5) is 44.1. The summed E-state index contributed by atoms with van der Waals surface area (Å²) < 4.78 is 13.7. The Labute approximate surface area is 333 Å². The molecule has 0 spiro atoms. The van der Waals surface area contributed by atoms with Gasteiger partial charge >= 0.3 is 0 Å². The van der Waals surface area contributed by atoms with E-state index in [4.69, 9.17) is 9.15 Å². The number of piperidine rings is 1. The summed E-state index contributed by atoms with van der Waals surface area (Å²) in [5, 5.41) is 13.5. The summed E-state index contributed by atoms with van der Waals surface area (Å²) >= 11 is 6.43. The molecule has 1 unspecified atom stereocenters. The Balaban J connectivity index is 0.948. The van der Waals surface area contributed by atoms with E-state index in [0.717, 1.165) is 66.6 Å². The van der Waals surface area contributed by atoms with Crippen molar-refractivity contribution < 1.29 is 18.7 Å². The van der Waals surface area contributed by atoms with E-state index in [1.54, 1.807) is 42.4 Å². The van der Waals surface area contributed by atoms with E-state index < -0.39 is 0 Å². The molecular formula is C40H46BrN7O4S2. The number of pyridine rings is 1. The lowest BCUT2D eigenvalue weighted by atomic mass is 9.89. The van der Waals surface area contributed by atoms with Crippen molar-refractivity contribution in [2.75, 3.05) is 38.1 Å². The minimum Gasteiger partial charge on any atom is -0.492 e. The monoisotopic (exact) mass is 831 g/mol. The Morgan fingerprint density at radius 3 is 2.70 bits per heavy atom. The molecular weight excluding hydrogens is 787 g/mol. The lowest BCUT2D eigenvalue weighted by Crippen LogP contribution is -2.40. The highest BCUT2D eigenvalue weighted by Gasteiger charge is 2.32. The highest BCUT2D eigenvalue weighted by atomic mass is 79.9. The molecule has 14 heteroatoms. The number of rotatable bonds is 13. The summed E-state index contributed by atoms with van der Waals surface area (Å²) in [6.45, 7) is 11.9. The van der Waals surface area contributed by atoms with Crippen molar-refractivity contribution in [3.05, 3.63) is 87.4 Å². The summed E-state index contributed by atoms with van der Waals surface area (Å²) in [7, 11) is 0. The molecule has 0 bridgehead atoms. The lowest BCUT2D eigenvalue weighted by Gasteiger charge is -2.37. The van der Waals surface area contributed by atoms with Gasteiger partial charge in [0.1, 0.15) is 34.4 Å². The van der Waals surface area contributed by atoms with E-state index in [2.05, 4.69) is 87.0 Å². The van der Waals surface area contributed by atoms with Crippen molar-refractivity contribution >= 4 is 62.1 Å². The maximum absolute atomic E-state index is 13.6. The SMILES string of the molecule is CCCC1c2ccc(OCCN3CCC(C(=O)Nc4ncc(SCc5ncc(C(C)(C)C)o5)s4)CC3)cc2CCN1C(=O)/C(C#N)=C/c1cccc(Br)n1. The first kappa shape index (κ1) is 39.7. The molecule has 0 radical (unpaired) electrons. The Morgan fingerprint density at radius 2 is 1.98 bits per heavy atom. The number of carbonyl (C=O) groups excluding carboxylic acids is 2. The zero-order chi connectivity index (χ0) is 38.2. The van der Waals surface area contributed by atoms with Gasteiger partial charge in [0.15, 0.2) is 5.13 Å². The highest BCUT2D eigenvalue weighted by Crippen LogP contribution is 2.36. The molecule has 54 heavy (non-hydrogen) atoms. The molecule has 6 rings (SSSR count). The third-order valence-corrected chi connectivity index (χ3v) is 12.2. The number of aromatic nitrogens is 3. The van der Waals surface area contributed by atoms with Gasteiger partial charge in [-0.25, -0.2) is 15.0 Å². The normalized spacial score (nSPS) is 16.9. The molecule has 2 aliphatic heterocycles. The zero-order valence-corrected chi connectivity index (χ0v) is 34.4. The fraction of sp³-hybridized carbons (Fsp3) is 0.450. The number of hydrogen-bond acceptors (Lipinski definition) is 11. The van der Waals surface area contributed by atoms with Gasteiger partial charge in [0, 0.05) is 24.4 Å². The molecule has 1 saturated heterocycles. The first-order valence-electron chi connectivity index (χ1n) is 18.4. The third-order valence-electron chi connectivity index (χ3n) is 9.65. The number of thiazole rings is 1. The summed E-state index contributed by atoms with van der Waals surface area (Å²) in [6.07, 6.45) is 9.10. The number of thioether (sulfide) groups is 1. The van der Waals surface area contributed by atoms with E-state index in [9.17, 15) is 14.9 Å². The van der Waals surface area contributed by atoms with Crippen LogP contribution in [0.3, 0.4) is 0 Å². The fourth-order valence-electron chi connectivity index (χ4n) is 6.71. The van der Waals surface area contributed by atoms with Gasteiger partial charge < -0.3 is 19.4 Å². The number of benzene rings is 1. The summed E-state index contributed by atoms with van der Waals surface area (Å²) in [6, 6.07) is 13.6. The van der Waals surface area contributed by atoms with Gasteiger partial charge in [0.05, 0.1) is 34.1 Å². The molecule has 1 N–H and O–H groups in total. The predicted octanol–water partition coefficient (Wildman–Crippen LogP) is 8.44. The second kappa shape index (κ2) is 18.1. The van der Waals surface area contributed by atoms with Gasteiger partial charge in [-0.05, 0) is 96.2 Å². The van der Waals surface area contributed by atoms with Crippen LogP contribution < -0.4 is 10.1 Å². The number of halogens is 1. The van der Waals surface area contributed by atoms with Crippen LogP contribution in [0.15, 0.2) is 67.6 Å². The van der Waals surface area contributed by atoms with Gasteiger partial charge in [0.25, 0.3) is 5.91 Å². The molecule has 2 amide bonds. The van der Waals surface area contributed by atoms with Crippen LogP contribution in [0.4, 0.5) is 5.13 Å². The predicted molar refractivity (Wildman–Crippen MR) is 215 cm³/mol. The second-order valence-corrected chi connectivity index (χ2v) is 17.7. The maximum atomic E-state index is 13.6. The Kier molecular flexibility index (Phi) is 13.3. The van der Waals surface area contributed by atoms with Crippen LogP contribution in [-0.2, 0) is 27.2 Å². The quantitative estimate of drug-likeness (QED) is 0.0605. The van der Waals surface area contributed by atoms with Gasteiger partial charge in [-0.3, -0.25) is 14.5 Å².